The summed E-state index contributed by atoms with van der Waals surface area (Å²) in [5.74, 6) is -0.0340. The molecule has 20 heavy (non-hydrogen) atoms. The number of hydrogen-bond donors (Lipinski definition) is 2. The van der Waals surface area contributed by atoms with Gasteiger partial charge in [-0.1, -0.05) is 13.8 Å². The number of aromatic carboxylic acids is 1. The number of nitrogens with zero attached hydrogens (tertiary/aromatic N) is 2. The monoisotopic (exact) mass is 277 g/mol. The van der Waals surface area contributed by atoms with Gasteiger partial charge in [0, 0.05) is 18.3 Å². The molecule has 0 bridgehead atoms. The number of pyridine rings is 1. The number of rotatable bonds is 5. The second-order valence-corrected chi connectivity index (χ2v) is 5.78. The van der Waals surface area contributed by atoms with Gasteiger partial charge in [0.1, 0.15) is 5.82 Å². The molecular weight excluding hydrogens is 254 g/mol. The lowest BCUT2D eigenvalue weighted by atomic mass is 10.1. The van der Waals surface area contributed by atoms with E-state index in [1.807, 2.05) is 13.8 Å². The predicted molar refractivity (Wildman–Crippen MR) is 79.4 cm³/mol. The van der Waals surface area contributed by atoms with Crippen molar-refractivity contribution in [3.63, 3.8) is 0 Å². The van der Waals surface area contributed by atoms with Crippen LogP contribution in [0.15, 0.2) is 12.1 Å². The highest BCUT2D eigenvalue weighted by atomic mass is 16.4. The van der Waals surface area contributed by atoms with E-state index in [9.17, 15) is 9.90 Å². The van der Waals surface area contributed by atoms with Crippen LogP contribution in [-0.2, 0) is 0 Å². The zero-order valence-corrected chi connectivity index (χ0v) is 12.4. The van der Waals surface area contributed by atoms with Crippen molar-refractivity contribution in [2.24, 2.45) is 0 Å². The first-order valence-electron chi connectivity index (χ1n) is 7.16. The van der Waals surface area contributed by atoms with Crippen LogP contribution in [0.2, 0.25) is 0 Å². The average molecular weight is 277 g/mol. The lowest BCUT2D eigenvalue weighted by Crippen LogP contribution is -2.31. The van der Waals surface area contributed by atoms with Crippen molar-refractivity contribution in [1.29, 1.82) is 0 Å². The van der Waals surface area contributed by atoms with Crippen molar-refractivity contribution < 1.29 is 9.90 Å². The summed E-state index contributed by atoms with van der Waals surface area (Å²) in [4.78, 5) is 18.0. The molecule has 1 unspecified atom stereocenters. The Bertz CT molecular complexity index is 488. The number of likely N-dealkylation sites (N-methyl/N-ethyl adjacent to an activating group) is 1. The molecular formula is C15H23N3O2. The Kier molecular flexibility index (Phi) is 4.60. The SMILES string of the molecule is CC(C)c1cc(C(=O)O)cc(NCC2CCCN2C)n1. The normalized spacial score (nSPS) is 19.5. The van der Waals surface area contributed by atoms with Crippen LogP contribution in [0, 0.1) is 0 Å². The van der Waals surface area contributed by atoms with E-state index in [4.69, 9.17) is 0 Å². The minimum Gasteiger partial charge on any atom is -0.478 e. The molecule has 2 N–H and O–H groups in total. The molecule has 0 spiro atoms. The third-order valence-electron chi connectivity index (χ3n) is 3.87. The largest absolute Gasteiger partial charge is 0.478 e. The van der Waals surface area contributed by atoms with Crippen molar-refractivity contribution in [3.8, 4) is 0 Å². The Morgan fingerprint density at radius 2 is 2.30 bits per heavy atom. The van der Waals surface area contributed by atoms with Crippen LogP contribution in [0.25, 0.3) is 0 Å². The highest BCUT2D eigenvalue weighted by Crippen LogP contribution is 2.19. The van der Waals surface area contributed by atoms with Crippen LogP contribution in [0.1, 0.15) is 48.7 Å². The van der Waals surface area contributed by atoms with Crippen molar-refractivity contribution in [2.75, 3.05) is 25.5 Å². The number of likely N-dealkylation sites (tertiary alicyclic amines) is 1. The number of carboxylic acids is 1. The van der Waals surface area contributed by atoms with Gasteiger partial charge in [0.05, 0.1) is 5.56 Å². The van der Waals surface area contributed by atoms with E-state index >= 15 is 0 Å². The summed E-state index contributed by atoms with van der Waals surface area (Å²) in [5, 5.41) is 12.5. The quantitative estimate of drug-likeness (QED) is 0.865. The Morgan fingerprint density at radius 3 is 2.85 bits per heavy atom. The molecule has 1 aliphatic rings. The zero-order valence-electron chi connectivity index (χ0n) is 12.4. The molecule has 5 nitrogen and oxygen atoms in total. The van der Waals surface area contributed by atoms with Crippen molar-refractivity contribution in [3.05, 3.63) is 23.4 Å². The van der Waals surface area contributed by atoms with Gasteiger partial charge >= 0.3 is 5.97 Å². The summed E-state index contributed by atoms with van der Waals surface area (Å²) >= 11 is 0. The van der Waals surface area contributed by atoms with Crippen LogP contribution in [0.3, 0.4) is 0 Å². The first-order valence-corrected chi connectivity index (χ1v) is 7.16. The minimum atomic E-state index is -0.907. The molecule has 0 aromatic carbocycles. The zero-order chi connectivity index (χ0) is 14.7. The minimum absolute atomic E-state index is 0.212. The first kappa shape index (κ1) is 14.8. The molecule has 0 amide bonds. The molecule has 0 aliphatic carbocycles. The first-order chi connectivity index (χ1) is 9.47. The number of nitrogens with one attached hydrogen (secondary N) is 1. The molecule has 1 aromatic rings. The summed E-state index contributed by atoms with van der Waals surface area (Å²) in [7, 11) is 2.12. The fraction of sp³-hybridized carbons (Fsp3) is 0.600. The summed E-state index contributed by atoms with van der Waals surface area (Å²) in [6.45, 7) is 5.97. The number of carboxylic acid groups (broad SMARTS) is 1. The third kappa shape index (κ3) is 3.48. The van der Waals surface area contributed by atoms with Crippen LogP contribution in [0.4, 0.5) is 5.82 Å². The molecule has 2 heterocycles. The lowest BCUT2D eigenvalue weighted by Gasteiger charge is -2.20. The molecule has 1 aromatic heterocycles. The van der Waals surface area contributed by atoms with Gasteiger partial charge in [-0.05, 0) is 44.5 Å². The molecule has 0 radical (unpaired) electrons. The van der Waals surface area contributed by atoms with Gasteiger partial charge in [-0.25, -0.2) is 9.78 Å². The highest BCUT2D eigenvalue weighted by molar-refractivity contribution is 5.88. The van der Waals surface area contributed by atoms with Crippen molar-refractivity contribution >= 4 is 11.8 Å². The van der Waals surface area contributed by atoms with Crippen molar-refractivity contribution in [2.45, 2.75) is 38.6 Å². The van der Waals surface area contributed by atoms with Crippen molar-refractivity contribution in [1.82, 2.24) is 9.88 Å². The van der Waals surface area contributed by atoms with Crippen LogP contribution in [0.5, 0.6) is 0 Å². The topological polar surface area (TPSA) is 65.5 Å². The Labute approximate surface area is 120 Å². The average Bonchev–Trinajstić information content (AvgIpc) is 2.81. The number of anilines is 1. The van der Waals surface area contributed by atoms with E-state index in [1.165, 1.54) is 12.8 Å². The summed E-state index contributed by atoms with van der Waals surface area (Å²) in [6.07, 6.45) is 2.40. The third-order valence-corrected chi connectivity index (χ3v) is 3.87. The molecule has 110 valence electrons. The second kappa shape index (κ2) is 6.22. The van der Waals surface area contributed by atoms with Gasteiger partial charge < -0.3 is 15.3 Å². The molecule has 1 saturated heterocycles. The van der Waals surface area contributed by atoms with Gasteiger partial charge in [0.2, 0.25) is 0 Å². The molecule has 5 heteroatoms. The van der Waals surface area contributed by atoms with Gasteiger partial charge in [-0.3, -0.25) is 0 Å². The highest BCUT2D eigenvalue weighted by Gasteiger charge is 2.20. The van der Waals surface area contributed by atoms with Crippen LogP contribution in [-0.4, -0.2) is 47.1 Å². The fourth-order valence-corrected chi connectivity index (χ4v) is 2.52. The summed E-state index contributed by atoms with van der Waals surface area (Å²) in [5.41, 5.74) is 1.11. The second-order valence-electron chi connectivity index (χ2n) is 5.78. The number of aromatic nitrogens is 1. The van der Waals surface area contributed by atoms with Gasteiger partial charge in [-0.15, -0.1) is 0 Å². The predicted octanol–water partition coefficient (Wildman–Crippen LogP) is 2.41. The van der Waals surface area contributed by atoms with E-state index in [1.54, 1.807) is 12.1 Å². The lowest BCUT2D eigenvalue weighted by molar-refractivity contribution is 0.0696. The number of hydrogen-bond acceptors (Lipinski definition) is 4. The standard InChI is InChI=1S/C15H23N3O2/c1-10(2)13-7-11(15(19)20)8-14(17-13)16-9-12-5-4-6-18(12)3/h7-8,10,12H,4-6,9H2,1-3H3,(H,16,17)(H,19,20). The Hall–Kier alpha value is -1.62. The molecule has 2 rings (SSSR count). The molecule has 1 aliphatic heterocycles. The maximum Gasteiger partial charge on any atom is 0.335 e. The molecule has 1 atom stereocenters. The maximum absolute atomic E-state index is 11.2. The van der Waals surface area contributed by atoms with E-state index in [2.05, 4.69) is 22.2 Å². The van der Waals surface area contributed by atoms with Crippen LogP contribution >= 0.6 is 0 Å². The maximum atomic E-state index is 11.2. The fourth-order valence-electron chi connectivity index (χ4n) is 2.52. The van der Waals surface area contributed by atoms with E-state index in [0.29, 0.717) is 17.4 Å². The molecule has 0 saturated carbocycles. The Balaban J connectivity index is 2.11. The summed E-state index contributed by atoms with van der Waals surface area (Å²) < 4.78 is 0. The van der Waals surface area contributed by atoms with Gasteiger partial charge in [0.15, 0.2) is 0 Å². The summed E-state index contributed by atoms with van der Waals surface area (Å²) in [6, 6.07) is 3.77. The number of carbonyl (C=O) groups is 1. The van der Waals surface area contributed by atoms with Crippen LogP contribution < -0.4 is 5.32 Å². The van der Waals surface area contributed by atoms with E-state index < -0.39 is 5.97 Å². The molecule has 1 fully saturated rings. The van der Waals surface area contributed by atoms with Gasteiger partial charge in [0.25, 0.3) is 0 Å². The smallest absolute Gasteiger partial charge is 0.335 e. The van der Waals surface area contributed by atoms with E-state index in [0.717, 1.165) is 18.8 Å². The van der Waals surface area contributed by atoms with Gasteiger partial charge in [-0.2, -0.15) is 0 Å². The Morgan fingerprint density at radius 1 is 1.55 bits per heavy atom. The van der Waals surface area contributed by atoms with E-state index in [-0.39, 0.29) is 5.92 Å².